The molecule has 0 saturated carbocycles. The zero-order valence-corrected chi connectivity index (χ0v) is 20.5. The van der Waals surface area contributed by atoms with Crippen LogP contribution in [0.1, 0.15) is 29.8 Å². The van der Waals surface area contributed by atoms with Gasteiger partial charge in [0.2, 0.25) is 10.0 Å². The summed E-state index contributed by atoms with van der Waals surface area (Å²) in [7, 11) is -5.77. The van der Waals surface area contributed by atoms with E-state index in [0.29, 0.717) is 23.6 Å². The Morgan fingerprint density at radius 1 is 1.06 bits per heavy atom. The van der Waals surface area contributed by atoms with E-state index < -0.39 is 26.1 Å². The number of rotatable bonds is 8. The molecule has 11 heteroatoms. The Kier molecular flexibility index (Phi) is 6.46. The monoisotopic (exact) mass is 505 g/mol. The van der Waals surface area contributed by atoms with Crippen LogP contribution in [0.5, 0.6) is 5.75 Å². The maximum atomic E-state index is 13.5. The number of hydrogen-bond acceptors (Lipinski definition) is 7. The second-order valence-corrected chi connectivity index (χ2v) is 12.1. The van der Waals surface area contributed by atoms with Gasteiger partial charge in [-0.05, 0) is 60.3 Å². The fourth-order valence-corrected chi connectivity index (χ4v) is 6.36. The number of thiophene rings is 1. The van der Waals surface area contributed by atoms with Crippen molar-refractivity contribution in [1.82, 2.24) is 4.41 Å². The molecule has 0 radical (unpaired) electrons. The van der Waals surface area contributed by atoms with Crippen molar-refractivity contribution in [3.8, 4) is 5.75 Å². The van der Waals surface area contributed by atoms with E-state index in [0.717, 1.165) is 10.4 Å². The average molecular weight is 506 g/mol. The van der Waals surface area contributed by atoms with Gasteiger partial charge in [-0.15, -0.1) is 11.3 Å². The molecule has 0 bridgehead atoms. The first-order valence-electron chi connectivity index (χ1n) is 10.1. The zero-order valence-electron chi connectivity index (χ0n) is 18.0. The molecule has 1 aromatic heterocycles. The summed E-state index contributed by atoms with van der Waals surface area (Å²) in [4.78, 5) is 1.01. The molecule has 0 spiro atoms. The second-order valence-electron chi connectivity index (χ2n) is 7.32. The molecule has 33 heavy (non-hydrogen) atoms. The Hall–Kier alpha value is -2.89. The van der Waals surface area contributed by atoms with Gasteiger partial charge >= 0.3 is 0 Å². The lowest BCUT2D eigenvalue weighted by atomic mass is 10.0. The van der Waals surface area contributed by atoms with Crippen LogP contribution in [-0.2, 0) is 20.0 Å². The number of sulfonamides is 2. The van der Waals surface area contributed by atoms with Crippen molar-refractivity contribution in [1.29, 1.82) is 0 Å². The van der Waals surface area contributed by atoms with Crippen molar-refractivity contribution in [2.75, 3.05) is 17.6 Å². The van der Waals surface area contributed by atoms with Gasteiger partial charge in [-0.2, -0.15) is 17.9 Å². The Labute approximate surface area is 197 Å². The van der Waals surface area contributed by atoms with E-state index in [1.54, 1.807) is 43.3 Å². The third-order valence-corrected chi connectivity index (χ3v) is 9.20. The summed E-state index contributed by atoms with van der Waals surface area (Å²) in [5.74, 6) is 0.537. The molecule has 2 heterocycles. The number of hydrogen-bond donors (Lipinski definition) is 1. The van der Waals surface area contributed by atoms with E-state index in [4.69, 9.17) is 4.74 Å². The van der Waals surface area contributed by atoms with E-state index in [1.807, 2.05) is 17.5 Å². The number of ether oxygens (including phenoxy) is 1. The number of benzene rings is 2. The average Bonchev–Trinajstić information content (AvgIpc) is 3.50. The largest absolute Gasteiger partial charge is 0.497 e. The number of anilines is 1. The molecule has 3 aromatic rings. The van der Waals surface area contributed by atoms with Crippen molar-refractivity contribution in [2.45, 2.75) is 24.3 Å². The summed E-state index contributed by atoms with van der Waals surface area (Å²) >= 11 is 1.47. The first-order valence-corrected chi connectivity index (χ1v) is 14.1. The van der Waals surface area contributed by atoms with Crippen molar-refractivity contribution < 1.29 is 21.6 Å². The Morgan fingerprint density at radius 2 is 1.76 bits per heavy atom. The van der Waals surface area contributed by atoms with Gasteiger partial charge in [-0.25, -0.2) is 8.42 Å². The van der Waals surface area contributed by atoms with Gasteiger partial charge in [0.1, 0.15) is 11.8 Å². The van der Waals surface area contributed by atoms with Crippen molar-refractivity contribution >= 4 is 42.8 Å². The fourth-order valence-electron chi connectivity index (χ4n) is 3.42. The molecular weight excluding hydrogens is 482 g/mol. The first-order chi connectivity index (χ1) is 15.7. The highest BCUT2D eigenvalue weighted by Crippen LogP contribution is 2.39. The summed E-state index contributed by atoms with van der Waals surface area (Å²) < 4.78 is 59.3. The van der Waals surface area contributed by atoms with Crippen LogP contribution in [0, 0.1) is 0 Å². The summed E-state index contributed by atoms with van der Waals surface area (Å²) in [5.41, 5.74) is 1.77. The Morgan fingerprint density at radius 3 is 2.33 bits per heavy atom. The molecule has 8 nitrogen and oxygen atoms in total. The van der Waals surface area contributed by atoms with Gasteiger partial charge in [0, 0.05) is 17.0 Å². The van der Waals surface area contributed by atoms with Crippen LogP contribution in [0.25, 0.3) is 0 Å². The van der Waals surface area contributed by atoms with Crippen molar-refractivity contribution in [3.63, 3.8) is 0 Å². The minimum absolute atomic E-state index is 0.0257. The lowest BCUT2D eigenvalue weighted by Gasteiger charge is -2.22. The molecule has 0 aliphatic carbocycles. The van der Waals surface area contributed by atoms with Gasteiger partial charge in [0.05, 0.1) is 23.5 Å². The lowest BCUT2D eigenvalue weighted by molar-refractivity contribution is 0.375. The molecule has 1 unspecified atom stereocenters. The molecule has 174 valence electrons. The third-order valence-electron chi connectivity index (χ3n) is 5.22. The van der Waals surface area contributed by atoms with Gasteiger partial charge in [-0.1, -0.05) is 18.2 Å². The molecule has 1 N–H and O–H groups in total. The van der Waals surface area contributed by atoms with Crippen LogP contribution in [0.15, 0.2) is 76.0 Å². The molecule has 1 atom stereocenters. The maximum Gasteiger partial charge on any atom is 0.279 e. The van der Waals surface area contributed by atoms with E-state index in [-0.39, 0.29) is 10.6 Å². The summed E-state index contributed by atoms with van der Waals surface area (Å²) in [5, 5.41) is 6.41. The highest BCUT2D eigenvalue weighted by atomic mass is 32.2. The van der Waals surface area contributed by atoms with Crippen LogP contribution < -0.4 is 9.46 Å². The minimum Gasteiger partial charge on any atom is -0.497 e. The highest BCUT2D eigenvalue weighted by molar-refractivity contribution is 7.92. The number of methoxy groups -OCH3 is 1. The molecule has 0 saturated heterocycles. The summed E-state index contributed by atoms with van der Waals surface area (Å²) in [6.07, 6.45) is 0.399. The van der Waals surface area contributed by atoms with E-state index in [2.05, 4.69) is 9.82 Å². The van der Waals surface area contributed by atoms with Gasteiger partial charge < -0.3 is 4.74 Å². The lowest BCUT2D eigenvalue weighted by Crippen LogP contribution is -2.26. The number of nitrogens with zero attached hydrogens (tertiary/aromatic N) is 2. The molecule has 4 rings (SSSR count). The standard InChI is InChI=1S/C22H23N3O5S3/c1-3-32(26,27)24-17-8-6-16(7-9-17)20-15-21(22-5-4-14-31-22)25(23-20)33(28,29)19-12-10-18(30-2)11-13-19/h4-14,21,24H,3,15H2,1-2H3. The Balaban J connectivity index is 1.68. The maximum absolute atomic E-state index is 13.5. The smallest absolute Gasteiger partial charge is 0.279 e. The quantitative estimate of drug-likeness (QED) is 0.497. The van der Waals surface area contributed by atoms with Crippen molar-refractivity contribution in [3.05, 3.63) is 76.5 Å². The third kappa shape index (κ3) is 4.90. The molecule has 1 aliphatic heterocycles. The van der Waals surface area contributed by atoms with Crippen LogP contribution in [0.2, 0.25) is 0 Å². The van der Waals surface area contributed by atoms with E-state index in [1.165, 1.54) is 35.0 Å². The SMILES string of the molecule is CCS(=O)(=O)Nc1ccc(C2=NN(S(=O)(=O)c3ccc(OC)cc3)C(c3cccs3)C2)cc1. The normalized spacial score (nSPS) is 16.5. The van der Waals surface area contributed by atoms with Gasteiger partial charge in [0.25, 0.3) is 10.0 Å². The minimum atomic E-state index is -3.91. The molecule has 0 amide bonds. The molecular formula is C22H23N3O5S3. The van der Waals surface area contributed by atoms with Crippen LogP contribution >= 0.6 is 11.3 Å². The van der Waals surface area contributed by atoms with Crippen LogP contribution in [-0.4, -0.2) is 39.8 Å². The molecule has 1 aliphatic rings. The Bertz CT molecular complexity index is 1350. The van der Waals surface area contributed by atoms with Crippen LogP contribution in [0.4, 0.5) is 5.69 Å². The topological polar surface area (TPSA) is 105 Å². The fraction of sp³-hybridized carbons (Fsp3) is 0.227. The molecule has 2 aromatic carbocycles. The summed E-state index contributed by atoms with van der Waals surface area (Å²) in [6.45, 7) is 1.56. The predicted molar refractivity (Wildman–Crippen MR) is 130 cm³/mol. The highest BCUT2D eigenvalue weighted by Gasteiger charge is 2.38. The first kappa shape index (κ1) is 23.3. The number of hydrazone groups is 1. The molecule has 0 fully saturated rings. The summed E-state index contributed by atoms with van der Waals surface area (Å²) in [6, 6.07) is 16.3. The van der Waals surface area contributed by atoms with Crippen LogP contribution in [0.3, 0.4) is 0 Å². The van der Waals surface area contributed by atoms with Gasteiger partial charge in [-0.3, -0.25) is 4.72 Å². The van der Waals surface area contributed by atoms with Gasteiger partial charge in [0.15, 0.2) is 0 Å². The second kappa shape index (κ2) is 9.16. The zero-order chi connectivity index (χ0) is 23.6. The predicted octanol–water partition coefficient (Wildman–Crippen LogP) is 4.06. The van der Waals surface area contributed by atoms with E-state index >= 15 is 0 Å². The number of nitrogens with one attached hydrogen (secondary N) is 1. The van der Waals surface area contributed by atoms with Crippen molar-refractivity contribution in [2.24, 2.45) is 5.10 Å². The van der Waals surface area contributed by atoms with E-state index in [9.17, 15) is 16.8 Å².